The molecule has 17 heavy (non-hydrogen) atoms. The van der Waals surface area contributed by atoms with E-state index in [-0.39, 0.29) is 0 Å². The lowest BCUT2D eigenvalue weighted by Gasteiger charge is -2.36. The maximum absolute atomic E-state index is 5.91. The van der Waals surface area contributed by atoms with Crippen molar-refractivity contribution in [2.24, 2.45) is 5.92 Å². The van der Waals surface area contributed by atoms with Gasteiger partial charge in [-0.1, -0.05) is 25.4 Å². The molecular weight excluding hydrogens is 234 g/mol. The molecule has 4 heteroatoms. The van der Waals surface area contributed by atoms with Crippen molar-refractivity contribution in [3.63, 3.8) is 0 Å². The Balaban J connectivity index is 1.91. The number of pyridine rings is 1. The predicted molar refractivity (Wildman–Crippen MR) is 72.7 cm³/mol. The summed E-state index contributed by atoms with van der Waals surface area (Å²) in [6, 6.07) is 3.98. The lowest BCUT2D eigenvalue weighted by Crippen LogP contribution is -2.47. The topological polar surface area (TPSA) is 19.4 Å². The van der Waals surface area contributed by atoms with E-state index in [1.807, 2.05) is 12.1 Å². The van der Waals surface area contributed by atoms with Gasteiger partial charge in [-0.2, -0.15) is 0 Å². The molecule has 1 aromatic rings. The van der Waals surface area contributed by atoms with E-state index in [2.05, 4.69) is 28.6 Å². The van der Waals surface area contributed by atoms with E-state index < -0.39 is 0 Å². The van der Waals surface area contributed by atoms with Gasteiger partial charge < -0.3 is 4.90 Å². The third-order valence-electron chi connectivity index (χ3n) is 3.07. The molecule has 0 N–H and O–H groups in total. The van der Waals surface area contributed by atoms with E-state index in [0.717, 1.165) is 32.1 Å². The molecule has 0 atom stereocenters. The Morgan fingerprint density at radius 2 is 2.00 bits per heavy atom. The van der Waals surface area contributed by atoms with Crippen LogP contribution in [0, 0.1) is 5.92 Å². The first-order valence-electron chi connectivity index (χ1n) is 6.24. The van der Waals surface area contributed by atoms with Gasteiger partial charge in [0, 0.05) is 44.6 Å². The fraction of sp³-hybridized carbons (Fsp3) is 0.615. The summed E-state index contributed by atoms with van der Waals surface area (Å²) < 4.78 is 0. The molecule has 1 aliphatic rings. The van der Waals surface area contributed by atoms with Gasteiger partial charge in [-0.15, -0.1) is 0 Å². The number of nitrogens with zero attached hydrogens (tertiary/aromatic N) is 3. The molecule has 1 aliphatic heterocycles. The highest BCUT2D eigenvalue weighted by atomic mass is 35.5. The standard InChI is InChI=1S/C13H20ClN3/c1-11(2)10-16-5-7-17(8-6-16)12-3-4-15-13(14)9-12/h3-4,9,11H,5-8,10H2,1-2H3. The Labute approximate surface area is 108 Å². The van der Waals surface area contributed by atoms with E-state index in [9.17, 15) is 0 Å². The summed E-state index contributed by atoms with van der Waals surface area (Å²) in [5.41, 5.74) is 1.19. The molecular formula is C13H20ClN3. The van der Waals surface area contributed by atoms with Crippen LogP contribution in [-0.2, 0) is 0 Å². The third kappa shape index (κ3) is 3.58. The van der Waals surface area contributed by atoms with Crippen LogP contribution < -0.4 is 4.90 Å². The van der Waals surface area contributed by atoms with Gasteiger partial charge in [0.25, 0.3) is 0 Å². The van der Waals surface area contributed by atoms with E-state index in [0.29, 0.717) is 5.15 Å². The molecule has 2 rings (SSSR count). The summed E-state index contributed by atoms with van der Waals surface area (Å²) in [5.74, 6) is 0.747. The summed E-state index contributed by atoms with van der Waals surface area (Å²) in [6.45, 7) is 10.2. The highest BCUT2D eigenvalue weighted by molar-refractivity contribution is 6.29. The smallest absolute Gasteiger partial charge is 0.131 e. The monoisotopic (exact) mass is 253 g/mol. The Hall–Kier alpha value is -0.800. The molecule has 0 amide bonds. The molecule has 0 spiro atoms. The van der Waals surface area contributed by atoms with Crippen molar-refractivity contribution in [2.45, 2.75) is 13.8 Å². The van der Waals surface area contributed by atoms with Gasteiger partial charge in [-0.05, 0) is 18.1 Å². The van der Waals surface area contributed by atoms with Crippen LogP contribution >= 0.6 is 11.6 Å². The van der Waals surface area contributed by atoms with Gasteiger partial charge in [0.15, 0.2) is 0 Å². The Bertz CT molecular complexity index is 359. The van der Waals surface area contributed by atoms with Crippen molar-refractivity contribution in [3.8, 4) is 0 Å². The SMILES string of the molecule is CC(C)CN1CCN(c2ccnc(Cl)c2)CC1. The quantitative estimate of drug-likeness (QED) is 0.772. The van der Waals surface area contributed by atoms with Crippen molar-refractivity contribution in [2.75, 3.05) is 37.6 Å². The second-order valence-corrected chi connectivity index (χ2v) is 5.41. The van der Waals surface area contributed by atoms with Crippen molar-refractivity contribution in [3.05, 3.63) is 23.5 Å². The molecule has 1 saturated heterocycles. The molecule has 0 aliphatic carbocycles. The lowest BCUT2D eigenvalue weighted by atomic mass is 10.2. The van der Waals surface area contributed by atoms with Crippen LogP contribution in [0.15, 0.2) is 18.3 Å². The first-order chi connectivity index (χ1) is 8.15. The molecule has 0 unspecified atom stereocenters. The average Bonchev–Trinajstić information content (AvgIpc) is 2.29. The fourth-order valence-corrected chi connectivity index (χ4v) is 2.46. The Kier molecular flexibility index (Phi) is 4.24. The number of aromatic nitrogens is 1. The van der Waals surface area contributed by atoms with Gasteiger partial charge in [-0.25, -0.2) is 4.98 Å². The van der Waals surface area contributed by atoms with Gasteiger partial charge in [-0.3, -0.25) is 4.90 Å². The second kappa shape index (κ2) is 5.69. The van der Waals surface area contributed by atoms with Gasteiger partial charge in [0.05, 0.1) is 0 Å². The molecule has 0 bridgehead atoms. The molecule has 0 aromatic carbocycles. The van der Waals surface area contributed by atoms with E-state index in [1.165, 1.54) is 12.2 Å². The highest BCUT2D eigenvalue weighted by Crippen LogP contribution is 2.19. The zero-order valence-corrected chi connectivity index (χ0v) is 11.3. The lowest BCUT2D eigenvalue weighted by molar-refractivity contribution is 0.231. The van der Waals surface area contributed by atoms with Crippen LogP contribution in [0.1, 0.15) is 13.8 Å². The molecule has 1 fully saturated rings. The van der Waals surface area contributed by atoms with Crippen molar-refractivity contribution >= 4 is 17.3 Å². The Morgan fingerprint density at radius 3 is 2.59 bits per heavy atom. The summed E-state index contributed by atoms with van der Waals surface area (Å²) in [4.78, 5) is 8.93. The van der Waals surface area contributed by atoms with Crippen LogP contribution in [0.4, 0.5) is 5.69 Å². The highest BCUT2D eigenvalue weighted by Gasteiger charge is 2.17. The minimum Gasteiger partial charge on any atom is -0.369 e. The van der Waals surface area contributed by atoms with Crippen molar-refractivity contribution in [1.82, 2.24) is 9.88 Å². The largest absolute Gasteiger partial charge is 0.369 e. The minimum absolute atomic E-state index is 0.576. The molecule has 94 valence electrons. The predicted octanol–water partition coefficient (Wildman–Crippen LogP) is 2.51. The summed E-state index contributed by atoms with van der Waals surface area (Å²) in [5, 5.41) is 0.576. The summed E-state index contributed by atoms with van der Waals surface area (Å²) in [7, 11) is 0. The summed E-state index contributed by atoms with van der Waals surface area (Å²) >= 11 is 5.91. The number of piperazine rings is 1. The van der Waals surface area contributed by atoms with Gasteiger partial charge in [0.1, 0.15) is 5.15 Å². The van der Waals surface area contributed by atoms with Crippen LogP contribution in [-0.4, -0.2) is 42.6 Å². The molecule has 3 nitrogen and oxygen atoms in total. The van der Waals surface area contributed by atoms with Gasteiger partial charge >= 0.3 is 0 Å². The zero-order valence-electron chi connectivity index (χ0n) is 10.6. The maximum atomic E-state index is 5.91. The second-order valence-electron chi connectivity index (χ2n) is 5.02. The number of rotatable bonds is 3. The third-order valence-corrected chi connectivity index (χ3v) is 3.28. The van der Waals surface area contributed by atoms with Crippen LogP contribution in [0.2, 0.25) is 5.15 Å². The number of hydrogen-bond acceptors (Lipinski definition) is 3. The van der Waals surface area contributed by atoms with Crippen LogP contribution in [0.25, 0.3) is 0 Å². The number of halogens is 1. The van der Waals surface area contributed by atoms with E-state index in [1.54, 1.807) is 6.20 Å². The first-order valence-corrected chi connectivity index (χ1v) is 6.62. The molecule has 0 saturated carbocycles. The van der Waals surface area contributed by atoms with Crippen molar-refractivity contribution in [1.29, 1.82) is 0 Å². The zero-order chi connectivity index (χ0) is 12.3. The van der Waals surface area contributed by atoms with Crippen LogP contribution in [0.5, 0.6) is 0 Å². The van der Waals surface area contributed by atoms with E-state index >= 15 is 0 Å². The average molecular weight is 254 g/mol. The molecule has 0 radical (unpaired) electrons. The normalized spacial score (nSPS) is 17.8. The number of anilines is 1. The Morgan fingerprint density at radius 1 is 1.29 bits per heavy atom. The molecule has 2 heterocycles. The first kappa shape index (κ1) is 12.7. The minimum atomic E-state index is 0.576. The van der Waals surface area contributed by atoms with E-state index in [4.69, 9.17) is 11.6 Å². The van der Waals surface area contributed by atoms with Gasteiger partial charge in [0.2, 0.25) is 0 Å². The van der Waals surface area contributed by atoms with Crippen molar-refractivity contribution < 1.29 is 0 Å². The number of hydrogen-bond donors (Lipinski definition) is 0. The van der Waals surface area contributed by atoms with Crippen LogP contribution in [0.3, 0.4) is 0 Å². The fourth-order valence-electron chi connectivity index (χ4n) is 2.29. The summed E-state index contributed by atoms with van der Waals surface area (Å²) in [6.07, 6.45) is 1.78. The molecule has 1 aromatic heterocycles. The maximum Gasteiger partial charge on any atom is 0.131 e.